The molecule has 0 saturated heterocycles. The minimum Gasteiger partial charge on any atom is -0.497 e. The Hall–Kier alpha value is -4.47. The van der Waals surface area contributed by atoms with Crippen molar-refractivity contribution < 1.29 is 4.74 Å². The fraction of sp³-hybridized carbons (Fsp3) is 0.0294. The maximum absolute atomic E-state index is 5.32. The molecule has 2 nitrogen and oxygen atoms in total. The van der Waals surface area contributed by atoms with Crippen molar-refractivity contribution in [3.8, 4) is 16.3 Å². The topological polar surface area (TPSA) is 22.1 Å². The predicted molar refractivity (Wildman–Crippen MR) is 156 cm³/mol. The summed E-state index contributed by atoms with van der Waals surface area (Å²) in [6.45, 7) is 0. The molecule has 0 saturated carbocycles. The number of hydrogen-bond acceptors (Lipinski definition) is 3. The van der Waals surface area contributed by atoms with Crippen LogP contribution in [0.1, 0.15) is 22.3 Å². The number of nitrogens with zero attached hydrogens (tertiary/aromatic N) is 1. The summed E-state index contributed by atoms with van der Waals surface area (Å²) in [6.07, 6.45) is 0. The van der Waals surface area contributed by atoms with Crippen LogP contribution in [0.25, 0.3) is 31.9 Å². The predicted octanol–water partition coefficient (Wildman–Crippen LogP) is 8.98. The molecule has 0 fully saturated rings. The summed E-state index contributed by atoms with van der Waals surface area (Å²) in [5.41, 5.74) is 9.26. The number of benzene rings is 5. The molecule has 0 spiro atoms. The van der Waals surface area contributed by atoms with Gasteiger partial charge in [-0.05, 0) is 69.8 Å². The maximum Gasteiger partial charge on any atom is 0.124 e. The van der Waals surface area contributed by atoms with Crippen LogP contribution in [-0.2, 0) is 0 Å². The van der Waals surface area contributed by atoms with E-state index in [0.717, 1.165) is 26.5 Å². The lowest BCUT2D eigenvalue weighted by Gasteiger charge is -2.18. The fourth-order valence-electron chi connectivity index (χ4n) is 4.66. The van der Waals surface area contributed by atoms with Gasteiger partial charge in [0.1, 0.15) is 10.8 Å². The minimum atomic E-state index is 0.846. The van der Waals surface area contributed by atoms with Gasteiger partial charge in [-0.2, -0.15) is 0 Å². The highest BCUT2D eigenvalue weighted by molar-refractivity contribution is 7.21. The fourth-order valence-corrected chi connectivity index (χ4v) is 5.67. The Morgan fingerprint density at radius 3 is 1.59 bits per heavy atom. The van der Waals surface area contributed by atoms with Crippen LogP contribution in [0.3, 0.4) is 0 Å². The van der Waals surface area contributed by atoms with Gasteiger partial charge in [0.25, 0.3) is 0 Å². The lowest BCUT2D eigenvalue weighted by Crippen LogP contribution is -1.97. The molecule has 0 aliphatic rings. The maximum atomic E-state index is 5.32. The van der Waals surface area contributed by atoms with Crippen LogP contribution in [0.15, 0.2) is 133 Å². The standard InChI is InChI=1S/C34H25NOS/c1-36-29-20-17-27(18-21-29)34-35-30-22-19-28(23-31(30)37-34)33(26-15-9-4-10-16-26)32(24-11-5-2-6-12-24)25-13-7-3-8-14-25/h2-23H,1H3. The molecule has 6 rings (SSSR count). The first-order valence-corrected chi connectivity index (χ1v) is 13.1. The second kappa shape index (κ2) is 10.3. The van der Waals surface area contributed by atoms with E-state index in [-0.39, 0.29) is 0 Å². The molecule has 0 radical (unpaired) electrons. The number of thiazole rings is 1. The highest BCUT2D eigenvalue weighted by Gasteiger charge is 2.17. The van der Waals surface area contributed by atoms with Gasteiger partial charge in [-0.1, -0.05) is 97.1 Å². The first-order valence-electron chi connectivity index (χ1n) is 12.3. The lowest BCUT2D eigenvalue weighted by atomic mass is 9.86. The molecule has 3 heteroatoms. The monoisotopic (exact) mass is 495 g/mol. The van der Waals surface area contributed by atoms with Crippen LogP contribution in [0.4, 0.5) is 0 Å². The Morgan fingerprint density at radius 2 is 1.08 bits per heavy atom. The smallest absolute Gasteiger partial charge is 0.124 e. The molecule has 1 aromatic heterocycles. The van der Waals surface area contributed by atoms with Gasteiger partial charge in [-0.3, -0.25) is 0 Å². The Kier molecular flexibility index (Phi) is 6.36. The zero-order valence-corrected chi connectivity index (χ0v) is 21.3. The molecule has 0 aliphatic heterocycles. The van der Waals surface area contributed by atoms with E-state index in [1.165, 1.54) is 33.4 Å². The van der Waals surface area contributed by atoms with Gasteiger partial charge in [0.15, 0.2) is 0 Å². The van der Waals surface area contributed by atoms with Crippen LogP contribution < -0.4 is 4.74 Å². The van der Waals surface area contributed by atoms with E-state index in [9.17, 15) is 0 Å². The Labute approximate surface area is 221 Å². The SMILES string of the molecule is COc1ccc(-c2nc3ccc(C(=C(c4ccccc4)c4ccccc4)c4ccccc4)cc3s2)cc1. The highest BCUT2D eigenvalue weighted by atomic mass is 32.1. The van der Waals surface area contributed by atoms with Crippen LogP contribution in [0.5, 0.6) is 5.75 Å². The van der Waals surface area contributed by atoms with Crippen LogP contribution in [-0.4, -0.2) is 12.1 Å². The van der Waals surface area contributed by atoms with Gasteiger partial charge >= 0.3 is 0 Å². The summed E-state index contributed by atoms with van der Waals surface area (Å²) < 4.78 is 6.49. The molecule has 37 heavy (non-hydrogen) atoms. The Morgan fingerprint density at radius 1 is 0.568 bits per heavy atom. The number of ether oxygens (including phenoxy) is 1. The second-order valence-electron chi connectivity index (χ2n) is 8.78. The van der Waals surface area contributed by atoms with Crippen molar-refractivity contribution in [3.05, 3.63) is 156 Å². The number of rotatable bonds is 6. The summed E-state index contributed by atoms with van der Waals surface area (Å²) >= 11 is 1.72. The van der Waals surface area contributed by atoms with E-state index in [1.807, 2.05) is 12.1 Å². The Bertz CT molecular complexity index is 1630. The molecule has 0 aliphatic carbocycles. The van der Waals surface area contributed by atoms with Gasteiger partial charge in [-0.25, -0.2) is 4.98 Å². The van der Waals surface area contributed by atoms with Crippen molar-refractivity contribution in [1.82, 2.24) is 4.98 Å². The number of hydrogen-bond donors (Lipinski definition) is 0. The summed E-state index contributed by atoms with van der Waals surface area (Å²) in [6, 6.07) is 46.7. The number of aromatic nitrogens is 1. The zero-order valence-electron chi connectivity index (χ0n) is 20.5. The van der Waals surface area contributed by atoms with Gasteiger partial charge in [0.2, 0.25) is 0 Å². The van der Waals surface area contributed by atoms with E-state index >= 15 is 0 Å². The molecule has 5 aromatic carbocycles. The van der Waals surface area contributed by atoms with Crippen molar-refractivity contribution in [1.29, 1.82) is 0 Å². The van der Waals surface area contributed by atoms with E-state index in [4.69, 9.17) is 9.72 Å². The summed E-state index contributed by atoms with van der Waals surface area (Å²) in [5, 5.41) is 1.01. The molecule has 0 amide bonds. The second-order valence-corrected chi connectivity index (χ2v) is 9.81. The first-order chi connectivity index (χ1) is 18.3. The third kappa shape index (κ3) is 4.69. The van der Waals surface area contributed by atoms with Crippen LogP contribution in [0, 0.1) is 0 Å². The average Bonchev–Trinajstić information content (AvgIpc) is 3.41. The van der Waals surface area contributed by atoms with Crippen molar-refractivity contribution in [2.24, 2.45) is 0 Å². The zero-order chi connectivity index (χ0) is 25.0. The summed E-state index contributed by atoms with van der Waals surface area (Å²) in [5.74, 6) is 0.846. The van der Waals surface area contributed by atoms with Crippen molar-refractivity contribution in [2.75, 3.05) is 7.11 Å². The van der Waals surface area contributed by atoms with Gasteiger partial charge in [-0.15, -0.1) is 11.3 Å². The van der Waals surface area contributed by atoms with Gasteiger partial charge < -0.3 is 4.74 Å². The van der Waals surface area contributed by atoms with Gasteiger partial charge in [0, 0.05) is 5.56 Å². The van der Waals surface area contributed by atoms with E-state index in [0.29, 0.717) is 0 Å². The molecule has 1 heterocycles. The third-order valence-electron chi connectivity index (χ3n) is 6.45. The molecule has 0 bridgehead atoms. The van der Waals surface area contributed by atoms with Crippen molar-refractivity contribution >= 4 is 32.7 Å². The molecule has 0 atom stereocenters. The van der Waals surface area contributed by atoms with Crippen LogP contribution in [0.2, 0.25) is 0 Å². The van der Waals surface area contributed by atoms with Crippen molar-refractivity contribution in [3.63, 3.8) is 0 Å². The average molecular weight is 496 g/mol. The molecule has 0 N–H and O–H groups in total. The molecular formula is C34H25NOS. The molecular weight excluding hydrogens is 470 g/mol. The number of fused-ring (bicyclic) bond motifs is 1. The molecule has 6 aromatic rings. The lowest BCUT2D eigenvalue weighted by molar-refractivity contribution is 0.415. The third-order valence-corrected chi connectivity index (χ3v) is 7.52. The summed E-state index contributed by atoms with van der Waals surface area (Å²) in [4.78, 5) is 4.93. The number of methoxy groups -OCH3 is 1. The normalized spacial score (nSPS) is 10.8. The Balaban J connectivity index is 1.57. The highest BCUT2D eigenvalue weighted by Crippen LogP contribution is 2.39. The van der Waals surface area contributed by atoms with E-state index in [1.54, 1.807) is 18.4 Å². The quantitative estimate of drug-likeness (QED) is 0.215. The molecule has 178 valence electrons. The van der Waals surface area contributed by atoms with Crippen molar-refractivity contribution in [2.45, 2.75) is 0 Å². The first kappa shape index (κ1) is 23.0. The minimum absolute atomic E-state index is 0.846. The van der Waals surface area contributed by atoms with Crippen LogP contribution >= 0.6 is 11.3 Å². The largest absolute Gasteiger partial charge is 0.497 e. The summed E-state index contributed by atoms with van der Waals surface area (Å²) in [7, 11) is 1.69. The van der Waals surface area contributed by atoms with E-state index in [2.05, 4.69) is 121 Å². The van der Waals surface area contributed by atoms with Gasteiger partial charge in [0.05, 0.1) is 17.3 Å². The molecule has 0 unspecified atom stereocenters. The van der Waals surface area contributed by atoms with E-state index < -0.39 is 0 Å².